The summed E-state index contributed by atoms with van der Waals surface area (Å²) in [6, 6.07) is 83.1. The lowest BCUT2D eigenvalue weighted by atomic mass is 9.68. The first kappa shape index (κ1) is 39.0. The molecule has 5 heteroatoms. The van der Waals surface area contributed by atoms with Crippen molar-refractivity contribution in [2.75, 3.05) is 0 Å². The van der Waals surface area contributed by atoms with E-state index in [2.05, 4.69) is 194 Å². The van der Waals surface area contributed by atoms with Crippen molar-refractivity contribution >= 4 is 32.3 Å². The lowest BCUT2D eigenvalue weighted by molar-refractivity contribution is 0.361. The number of nitrogens with zero attached hydrogens (tertiary/aromatic N) is 3. The minimum Gasteiger partial charge on any atom is -0.449 e. The number of rotatable bonds is 6. The fourth-order valence-electron chi connectivity index (χ4n) is 11.0. The van der Waals surface area contributed by atoms with Crippen molar-refractivity contribution in [2.45, 2.75) is 5.41 Å². The Balaban J connectivity index is 0.850. The number of ether oxygens (including phenoxy) is 2. The van der Waals surface area contributed by atoms with Gasteiger partial charge in [0.25, 0.3) is 0 Å². The molecular formula is C64H39N3O2. The molecule has 0 bridgehead atoms. The molecule has 0 radical (unpaired) electrons. The maximum absolute atomic E-state index is 7.03. The highest BCUT2D eigenvalue weighted by Gasteiger charge is 2.48. The smallest absolute Gasteiger partial charge is 0.178 e. The highest BCUT2D eigenvalue weighted by molar-refractivity contribution is 6.25. The number of hydrogen-bond donors (Lipinski definition) is 0. The number of fused-ring (bicyclic) bond motifs is 12. The predicted molar refractivity (Wildman–Crippen MR) is 278 cm³/mol. The van der Waals surface area contributed by atoms with Gasteiger partial charge in [-0.05, 0) is 83.9 Å². The van der Waals surface area contributed by atoms with Gasteiger partial charge in [-0.3, -0.25) is 0 Å². The van der Waals surface area contributed by atoms with Crippen LogP contribution in [0.25, 0.3) is 88.7 Å². The van der Waals surface area contributed by atoms with Crippen LogP contribution in [0.3, 0.4) is 0 Å². The number of hydrogen-bond acceptors (Lipinski definition) is 5. The quantitative estimate of drug-likeness (QED) is 0.156. The van der Waals surface area contributed by atoms with Crippen LogP contribution in [0.15, 0.2) is 237 Å². The van der Waals surface area contributed by atoms with E-state index in [1.807, 2.05) is 42.5 Å². The van der Waals surface area contributed by atoms with Gasteiger partial charge in [0, 0.05) is 27.8 Å². The minimum absolute atomic E-state index is 0.544. The summed E-state index contributed by atoms with van der Waals surface area (Å²) in [6.45, 7) is 0. The van der Waals surface area contributed by atoms with Crippen LogP contribution in [-0.4, -0.2) is 15.0 Å². The Morgan fingerprint density at radius 1 is 0.290 bits per heavy atom. The Bertz CT molecular complexity index is 3930. The molecule has 5 nitrogen and oxygen atoms in total. The van der Waals surface area contributed by atoms with Gasteiger partial charge in [-0.15, -0.1) is 0 Å². The van der Waals surface area contributed by atoms with Gasteiger partial charge in [0.15, 0.2) is 40.5 Å². The van der Waals surface area contributed by atoms with Gasteiger partial charge < -0.3 is 9.47 Å². The molecule has 1 aromatic heterocycles. The van der Waals surface area contributed by atoms with E-state index in [1.54, 1.807) is 0 Å². The van der Waals surface area contributed by atoms with E-state index in [0.717, 1.165) is 50.1 Å². The standard InChI is InChI=1S/C64H39N3O2/c1-4-17-41(18-5-1)61-65-62(67-63(66-61)43-35-36-51-49-25-11-10-23-47(49)48-24-12-13-26-50(48)53(51)39-43)42-33-31-40(32-34-42)46-28-16-30-56-59(46)68-57-38-37-55-58(60(57)69-56)52-27-14-15-29-54(52)64(55,44-19-6-2-7-20-44)45-21-8-3-9-22-45/h1-39H. The van der Waals surface area contributed by atoms with Crippen molar-refractivity contribution in [2.24, 2.45) is 0 Å². The van der Waals surface area contributed by atoms with Crippen LogP contribution < -0.4 is 9.47 Å². The lowest BCUT2D eigenvalue weighted by Crippen LogP contribution is -2.28. The first-order chi connectivity index (χ1) is 34.2. The third kappa shape index (κ3) is 6.00. The molecule has 12 aromatic rings. The first-order valence-corrected chi connectivity index (χ1v) is 23.3. The largest absolute Gasteiger partial charge is 0.449 e. The van der Waals surface area contributed by atoms with Crippen molar-refractivity contribution in [1.29, 1.82) is 0 Å². The van der Waals surface area contributed by atoms with Crippen LogP contribution in [0.2, 0.25) is 0 Å². The summed E-state index contributed by atoms with van der Waals surface area (Å²) in [5.41, 5.74) is 11.0. The van der Waals surface area contributed by atoms with Crippen LogP contribution in [0.5, 0.6) is 23.0 Å². The number of aromatic nitrogens is 3. The highest BCUT2D eigenvalue weighted by Crippen LogP contribution is 2.62. The average Bonchev–Trinajstić information content (AvgIpc) is 3.74. The van der Waals surface area contributed by atoms with E-state index in [0.29, 0.717) is 34.7 Å². The van der Waals surface area contributed by atoms with Crippen molar-refractivity contribution in [1.82, 2.24) is 15.0 Å². The van der Waals surface area contributed by atoms with Gasteiger partial charge in [-0.2, -0.15) is 0 Å². The van der Waals surface area contributed by atoms with E-state index < -0.39 is 5.41 Å². The maximum atomic E-state index is 7.03. The number of para-hydroxylation sites is 1. The molecule has 2 aliphatic rings. The summed E-state index contributed by atoms with van der Waals surface area (Å²) in [4.78, 5) is 15.3. The second-order valence-electron chi connectivity index (χ2n) is 17.8. The highest BCUT2D eigenvalue weighted by atomic mass is 16.6. The van der Waals surface area contributed by atoms with Gasteiger partial charge in [0.1, 0.15) is 0 Å². The zero-order chi connectivity index (χ0) is 45.5. The topological polar surface area (TPSA) is 57.1 Å². The molecule has 0 atom stereocenters. The molecule has 69 heavy (non-hydrogen) atoms. The molecule has 0 N–H and O–H groups in total. The second kappa shape index (κ2) is 15.4. The molecule has 0 spiro atoms. The Labute approximate surface area is 398 Å². The molecule has 322 valence electrons. The Morgan fingerprint density at radius 2 is 0.754 bits per heavy atom. The third-order valence-electron chi connectivity index (χ3n) is 14.1. The summed E-state index contributed by atoms with van der Waals surface area (Å²) < 4.78 is 14.0. The van der Waals surface area contributed by atoms with E-state index in [4.69, 9.17) is 24.4 Å². The summed E-state index contributed by atoms with van der Waals surface area (Å²) in [5.74, 6) is 4.56. The molecule has 11 aromatic carbocycles. The summed E-state index contributed by atoms with van der Waals surface area (Å²) in [6.07, 6.45) is 0. The summed E-state index contributed by atoms with van der Waals surface area (Å²) in [5, 5.41) is 7.25. The van der Waals surface area contributed by atoms with E-state index in [-0.39, 0.29) is 0 Å². The van der Waals surface area contributed by atoms with E-state index >= 15 is 0 Å². The maximum Gasteiger partial charge on any atom is 0.178 e. The first-order valence-electron chi connectivity index (χ1n) is 23.3. The Kier molecular flexibility index (Phi) is 8.73. The van der Waals surface area contributed by atoms with Crippen molar-refractivity contribution in [3.63, 3.8) is 0 Å². The van der Waals surface area contributed by atoms with Crippen LogP contribution in [0, 0.1) is 0 Å². The molecule has 1 aliphatic heterocycles. The number of benzene rings is 11. The molecule has 0 saturated heterocycles. The predicted octanol–water partition coefficient (Wildman–Crippen LogP) is 16.3. The summed E-state index contributed by atoms with van der Waals surface area (Å²) in [7, 11) is 0. The van der Waals surface area contributed by atoms with Gasteiger partial charge in [-0.1, -0.05) is 218 Å². The Hall–Kier alpha value is -9.19. The van der Waals surface area contributed by atoms with Crippen molar-refractivity contribution in [3.05, 3.63) is 259 Å². The lowest BCUT2D eigenvalue weighted by Gasteiger charge is -2.34. The zero-order valence-electron chi connectivity index (χ0n) is 37.2. The van der Waals surface area contributed by atoms with E-state index in [9.17, 15) is 0 Å². The van der Waals surface area contributed by atoms with Crippen LogP contribution in [-0.2, 0) is 5.41 Å². The molecule has 1 aliphatic carbocycles. The van der Waals surface area contributed by atoms with Gasteiger partial charge in [0.05, 0.1) is 5.41 Å². The van der Waals surface area contributed by atoms with Gasteiger partial charge >= 0.3 is 0 Å². The van der Waals surface area contributed by atoms with Crippen LogP contribution in [0.4, 0.5) is 0 Å². The third-order valence-corrected chi connectivity index (χ3v) is 14.1. The normalized spacial score (nSPS) is 13.0. The molecule has 2 heterocycles. The minimum atomic E-state index is -0.544. The van der Waals surface area contributed by atoms with Crippen LogP contribution >= 0.6 is 0 Å². The zero-order valence-corrected chi connectivity index (χ0v) is 37.2. The van der Waals surface area contributed by atoms with E-state index in [1.165, 1.54) is 49.2 Å². The van der Waals surface area contributed by atoms with Crippen molar-refractivity contribution in [3.8, 4) is 79.4 Å². The molecule has 0 unspecified atom stereocenters. The molecular weight excluding hydrogens is 843 g/mol. The van der Waals surface area contributed by atoms with Crippen LogP contribution in [0.1, 0.15) is 22.3 Å². The fourth-order valence-corrected chi connectivity index (χ4v) is 11.0. The van der Waals surface area contributed by atoms with Gasteiger partial charge in [0.2, 0.25) is 0 Å². The van der Waals surface area contributed by atoms with Gasteiger partial charge in [-0.25, -0.2) is 15.0 Å². The molecule has 0 amide bonds. The fraction of sp³-hybridized carbons (Fsp3) is 0.0156. The average molecular weight is 882 g/mol. The van der Waals surface area contributed by atoms with Crippen molar-refractivity contribution < 1.29 is 9.47 Å². The Morgan fingerprint density at radius 3 is 1.41 bits per heavy atom. The summed E-state index contributed by atoms with van der Waals surface area (Å²) >= 11 is 0. The molecule has 0 saturated carbocycles. The second-order valence-corrected chi connectivity index (χ2v) is 17.8. The molecule has 0 fully saturated rings. The monoisotopic (exact) mass is 881 g/mol. The SMILES string of the molecule is c1ccc(-c2nc(-c3ccc(-c4cccc5c4Oc4ccc6c(c4O5)-c4ccccc4C6(c4ccccc4)c4ccccc4)cc3)nc(-c3ccc4c5ccccc5c5ccccc5c4c3)n2)cc1. The molecule has 14 rings (SSSR count).